The van der Waals surface area contributed by atoms with Crippen molar-refractivity contribution in [2.24, 2.45) is 4.99 Å². The molecule has 1 heterocycles. The number of nitrogens with zero attached hydrogens (tertiary/aromatic N) is 1. The molecule has 0 unspecified atom stereocenters. The minimum atomic E-state index is -0.676. The van der Waals surface area contributed by atoms with Crippen molar-refractivity contribution in [2.75, 3.05) is 6.54 Å². The summed E-state index contributed by atoms with van der Waals surface area (Å²) in [4.78, 5) is 28.4. The van der Waals surface area contributed by atoms with Gasteiger partial charge >= 0.3 is 5.97 Å². The van der Waals surface area contributed by atoms with Crippen molar-refractivity contribution in [2.45, 2.75) is 37.6 Å². The number of carbonyl (C=O) groups is 2. The number of esters is 1. The van der Waals surface area contributed by atoms with Crippen molar-refractivity contribution >= 4 is 17.8 Å². The maximum Gasteiger partial charge on any atom is 0.340 e. The fourth-order valence-corrected chi connectivity index (χ4v) is 2.88. The van der Waals surface area contributed by atoms with Gasteiger partial charge in [0.05, 0.1) is 6.54 Å². The van der Waals surface area contributed by atoms with Gasteiger partial charge in [-0.05, 0) is 25.0 Å². The van der Waals surface area contributed by atoms with Gasteiger partial charge in [0.15, 0.2) is 5.54 Å². The fourth-order valence-electron chi connectivity index (χ4n) is 2.88. The molecule has 1 aliphatic carbocycles. The molecule has 1 aliphatic heterocycles. The minimum Gasteiger partial charge on any atom is -0.408 e. The standard InChI is InChI=1S/C16H18N2O3/c19-14(12-7-3-1-4-8-12)17-11-13-18-16(15(20)21-13)9-5-2-6-10-16/h1,3-4,7-8H,2,5-6,9-11H2,(H,17,19). The van der Waals surface area contributed by atoms with Crippen LogP contribution in [0.4, 0.5) is 0 Å². The van der Waals surface area contributed by atoms with Crippen LogP contribution in [0.5, 0.6) is 0 Å². The molecule has 5 heteroatoms. The molecule has 1 amide bonds. The zero-order valence-electron chi connectivity index (χ0n) is 11.8. The van der Waals surface area contributed by atoms with Gasteiger partial charge in [0, 0.05) is 5.56 Å². The van der Waals surface area contributed by atoms with E-state index in [4.69, 9.17) is 4.74 Å². The van der Waals surface area contributed by atoms with E-state index in [0.717, 1.165) is 32.1 Å². The molecule has 1 spiro atoms. The molecule has 0 atom stereocenters. The van der Waals surface area contributed by atoms with Crippen LogP contribution in [0, 0.1) is 0 Å². The second-order valence-electron chi connectivity index (χ2n) is 5.54. The normalized spacial score (nSPS) is 20.0. The van der Waals surface area contributed by atoms with E-state index < -0.39 is 5.54 Å². The average molecular weight is 286 g/mol. The summed E-state index contributed by atoms with van der Waals surface area (Å²) in [5, 5.41) is 2.74. The smallest absolute Gasteiger partial charge is 0.340 e. The molecule has 1 aromatic carbocycles. The van der Waals surface area contributed by atoms with Crippen molar-refractivity contribution < 1.29 is 14.3 Å². The van der Waals surface area contributed by atoms with Crippen molar-refractivity contribution in [3.8, 4) is 0 Å². The van der Waals surface area contributed by atoms with E-state index in [2.05, 4.69) is 10.3 Å². The van der Waals surface area contributed by atoms with E-state index in [1.54, 1.807) is 24.3 Å². The van der Waals surface area contributed by atoms with Crippen LogP contribution in [-0.4, -0.2) is 29.9 Å². The summed E-state index contributed by atoms with van der Waals surface area (Å²) >= 11 is 0. The minimum absolute atomic E-state index is 0.154. The van der Waals surface area contributed by atoms with Crippen molar-refractivity contribution in [1.29, 1.82) is 0 Å². The molecule has 1 saturated carbocycles. The zero-order chi connectivity index (χ0) is 14.7. The summed E-state index contributed by atoms with van der Waals surface area (Å²) in [7, 11) is 0. The second-order valence-corrected chi connectivity index (χ2v) is 5.54. The lowest BCUT2D eigenvalue weighted by Crippen LogP contribution is -2.35. The predicted octanol–water partition coefficient (Wildman–Crippen LogP) is 2.07. The number of ether oxygens (including phenoxy) is 1. The summed E-state index contributed by atoms with van der Waals surface area (Å²) in [6, 6.07) is 8.94. The van der Waals surface area contributed by atoms with Crippen LogP contribution in [0.3, 0.4) is 0 Å². The quantitative estimate of drug-likeness (QED) is 0.865. The Hall–Kier alpha value is -2.17. The summed E-state index contributed by atoms with van der Waals surface area (Å²) in [6.45, 7) is 0.154. The monoisotopic (exact) mass is 286 g/mol. The number of cyclic esters (lactones) is 1. The number of nitrogens with one attached hydrogen (secondary N) is 1. The third-order valence-electron chi connectivity index (χ3n) is 4.05. The molecule has 5 nitrogen and oxygen atoms in total. The SMILES string of the molecule is O=C(NCC1=NC2(CCCCC2)C(=O)O1)c1ccccc1. The Labute approximate surface area is 123 Å². The maximum absolute atomic E-state index is 12.0. The van der Waals surface area contributed by atoms with E-state index in [1.165, 1.54) is 0 Å². The number of hydrogen-bond acceptors (Lipinski definition) is 4. The van der Waals surface area contributed by atoms with Gasteiger partial charge in [-0.1, -0.05) is 37.5 Å². The van der Waals surface area contributed by atoms with Crippen LogP contribution in [0.1, 0.15) is 42.5 Å². The molecular formula is C16H18N2O3. The topological polar surface area (TPSA) is 67.8 Å². The van der Waals surface area contributed by atoms with Gasteiger partial charge in [-0.2, -0.15) is 0 Å². The molecule has 2 aliphatic rings. The Kier molecular flexibility index (Phi) is 3.73. The van der Waals surface area contributed by atoms with Gasteiger partial charge < -0.3 is 10.1 Å². The van der Waals surface area contributed by atoms with Crippen molar-refractivity contribution in [3.63, 3.8) is 0 Å². The van der Waals surface area contributed by atoms with Crippen molar-refractivity contribution in [3.05, 3.63) is 35.9 Å². The van der Waals surface area contributed by atoms with Crippen LogP contribution < -0.4 is 5.32 Å². The zero-order valence-corrected chi connectivity index (χ0v) is 11.8. The van der Waals surface area contributed by atoms with E-state index in [1.807, 2.05) is 6.07 Å². The highest BCUT2D eigenvalue weighted by atomic mass is 16.6. The lowest BCUT2D eigenvalue weighted by Gasteiger charge is -2.25. The molecule has 110 valence electrons. The first-order chi connectivity index (χ1) is 10.2. The van der Waals surface area contributed by atoms with Crippen molar-refractivity contribution in [1.82, 2.24) is 5.32 Å². The van der Waals surface area contributed by atoms with Gasteiger partial charge in [0.25, 0.3) is 5.91 Å². The van der Waals surface area contributed by atoms with E-state index in [9.17, 15) is 9.59 Å². The molecular weight excluding hydrogens is 268 g/mol. The second kappa shape index (κ2) is 5.68. The Morgan fingerprint density at radius 2 is 1.90 bits per heavy atom. The summed E-state index contributed by atoms with van der Waals surface area (Å²) in [6.07, 6.45) is 4.65. The summed E-state index contributed by atoms with van der Waals surface area (Å²) in [5.41, 5.74) is -0.0970. The Morgan fingerprint density at radius 3 is 2.62 bits per heavy atom. The van der Waals surface area contributed by atoms with Crippen LogP contribution >= 0.6 is 0 Å². The largest absolute Gasteiger partial charge is 0.408 e. The lowest BCUT2D eigenvalue weighted by atomic mass is 9.83. The number of hydrogen-bond donors (Lipinski definition) is 1. The Balaban J connectivity index is 1.62. The van der Waals surface area contributed by atoms with Crippen LogP contribution in [-0.2, 0) is 9.53 Å². The summed E-state index contributed by atoms with van der Waals surface area (Å²) < 4.78 is 5.24. The molecule has 0 aromatic heterocycles. The Bertz CT molecular complexity index is 574. The Morgan fingerprint density at radius 1 is 1.19 bits per heavy atom. The van der Waals surface area contributed by atoms with Crippen LogP contribution in [0.2, 0.25) is 0 Å². The number of rotatable bonds is 3. The van der Waals surface area contributed by atoms with Gasteiger partial charge in [0.1, 0.15) is 0 Å². The summed E-state index contributed by atoms with van der Waals surface area (Å²) in [5.74, 6) is -0.128. The third-order valence-corrected chi connectivity index (χ3v) is 4.05. The van der Waals surface area contributed by atoms with Gasteiger partial charge in [-0.15, -0.1) is 0 Å². The van der Waals surface area contributed by atoms with E-state index in [0.29, 0.717) is 11.5 Å². The van der Waals surface area contributed by atoms with E-state index >= 15 is 0 Å². The highest BCUT2D eigenvalue weighted by molar-refractivity contribution is 6.03. The number of benzene rings is 1. The molecule has 1 fully saturated rings. The highest BCUT2D eigenvalue weighted by Crippen LogP contribution is 2.36. The third kappa shape index (κ3) is 2.82. The molecule has 0 saturated heterocycles. The number of aliphatic imine (C=N–C) groups is 1. The van der Waals surface area contributed by atoms with Gasteiger partial charge in [-0.3, -0.25) is 4.79 Å². The molecule has 3 rings (SSSR count). The highest BCUT2D eigenvalue weighted by Gasteiger charge is 2.46. The lowest BCUT2D eigenvalue weighted by molar-refractivity contribution is -0.140. The van der Waals surface area contributed by atoms with E-state index in [-0.39, 0.29) is 18.4 Å². The first-order valence-electron chi connectivity index (χ1n) is 7.34. The molecule has 0 bridgehead atoms. The molecule has 1 N–H and O–H groups in total. The molecule has 1 aromatic rings. The number of carbonyl (C=O) groups excluding carboxylic acids is 2. The van der Waals surface area contributed by atoms with Crippen LogP contribution in [0.25, 0.3) is 0 Å². The van der Waals surface area contributed by atoms with Crippen LogP contribution in [0.15, 0.2) is 35.3 Å². The molecule has 0 radical (unpaired) electrons. The average Bonchev–Trinajstić information content (AvgIpc) is 2.82. The van der Waals surface area contributed by atoms with Gasteiger partial charge in [-0.25, -0.2) is 9.79 Å². The molecule has 21 heavy (non-hydrogen) atoms. The first kappa shape index (κ1) is 13.8. The van der Waals surface area contributed by atoms with Gasteiger partial charge in [0.2, 0.25) is 5.90 Å². The predicted molar refractivity (Wildman–Crippen MR) is 78.1 cm³/mol. The first-order valence-corrected chi connectivity index (χ1v) is 7.34. The number of amides is 1. The maximum atomic E-state index is 12.0. The fraction of sp³-hybridized carbons (Fsp3) is 0.438.